The van der Waals surface area contributed by atoms with Crippen molar-refractivity contribution in [2.45, 2.75) is 38.0 Å². The molecule has 166 valence electrons. The molecule has 0 aliphatic rings. The maximum absolute atomic E-state index is 13.9. The Balaban J connectivity index is 2.15. The van der Waals surface area contributed by atoms with Crippen LogP contribution in [0.4, 0.5) is 17.6 Å². The van der Waals surface area contributed by atoms with Crippen LogP contribution < -0.4 is 10.6 Å². The van der Waals surface area contributed by atoms with Crippen LogP contribution in [0.3, 0.4) is 0 Å². The highest BCUT2D eigenvalue weighted by molar-refractivity contribution is 5.90. The number of carbonyl (C=O) groups is 3. The molecule has 3 N–H and O–H groups in total. The van der Waals surface area contributed by atoms with Crippen molar-refractivity contribution in [3.05, 3.63) is 71.0 Å². The van der Waals surface area contributed by atoms with E-state index < -0.39 is 47.4 Å². The van der Waals surface area contributed by atoms with Crippen molar-refractivity contribution in [1.82, 2.24) is 10.6 Å². The molecule has 0 radical (unpaired) electrons. The second kappa shape index (κ2) is 10.1. The number of aliphatic carboxylic acids is 1. The van der Waals surface area contributed by atoms with E-state index in [1.807, 2.05) is 0 Å². The number of rotatable bonds is 8. The van der Waals surface area contributed by atoms with E-state index in [9.17, 15) is 37.1 Å². The molecule has 2 atom stereocenters. The summed E-state index contributed by atoms with van der Waals surface area (Å²) in [5.41, 5.74) is -0.486. The number of benzene rings is 2. The summed E-state index contributed by atoms with van der Waals surface area (Å²) in [4.78, 5) is 35.7. The lowest BCUT2D eigenvalue weighted by atomic mass is 10.0. The van der Waals surface area contributed by atoms with Crippen LogP contribution in [0.15, 0.2) is 48.5 Å². The monoisotopic (exact) mass is 440 g/mol. The maximum atomic E-state index is 13.9. The highest BCUT2D eigenvalue weighted by atomic mass is 19.4. The molecule has 10 heteroatoms. The summed E-state index contributed by atoms with van der Waals surface area (Å²) >= 11 is 0. The molecule has 0 aliphatic carbocycles. The molecule has 0 aliphatic heterocycles. The van der Waals surface area contributed by atoms with Gasteiger partial charge < -0.3 is 15.7 Å². The first-order chi connectivity index (χ1) is 14.5. The van der Waals surface area contributed by atoms with Crippen molar-refractivity contribution in [2.75, 3.05) is 0 Å². The molecule has 0 saturated heterocycles. The number of carboxylic acid groups (broad SMARTS) is 1. The number of carbonyl (C=O) groups excluding carboxylic acids is 2. The Morgan fingerprint density at radius 1 is 0.935 bits per heavy atom. The molecule has 2 aromatic carbocycles. The van der Waals surface area contributed by atoms with E-state index in [1.54, 1.807) is 6.07 Å². The highest BCUT2D eigenvalue weighted by Crippen LogP contribution is 2.29. The second-order valence-electron chi connectivity index (χ2n) is 6.85. The fourth-order valence-corrected chi connectivity index (χ4v) is 2.88. The van der Waals surface area contributed by atoms with E-state index in [-0.39, 0.29) is 24.0 Å². The average molecular weight is 440 g/mol. The van der Waals surface area contributed by atoms with Gasteiger partial charge in [0.1, 0.15) is 17.9 Å². The summed E-state index contributed by atoms with van der Waals surface area (Å²) in [7, 11) is 0. The average Bonchev–Trinajstić information content (AvgIpc) is 2.67. The van der Waals surface area contributed by atoms with Gasteiger partial charge in [-0.1, -0.05) is 30.3 Å². The normalized spacial score (nSPS) is 13.2. The number of nitrogens with one attached hydrogen (secondary N) is 2. The van der Waals surface area contributed by atoms with Gasteiger partial charge in [-0.3, -0.25) is 9.59 Å². The zero-order chi connectivity index (χ0) is 23.2. The highest BCUT2D eigenvalue weighted by Gasteiger charge is 2.31. The Morgan fingerprint density at radius 2 is 1.55 bits per heavy atom. The third-order valence-electron chi connectivity index (χ3n) is 4.41. The smallest absolute Gasteiger partial charge is 0.416 e. The zero-order valence-electron chi connectivity index (χ0n) is 16.4. The molecule has 6 nitrogen and oxygen atoms in total. The number of alkyl halides is 3. The molecular weight excluding hydrogens is 420 g/mol. The van der Waals surface area contributed by atoms with E-state index >= 15 is 0 Å². The van der Waals surface area contributed by atoms with E-state index in [0.717, 1.165) is 31.2 Å². The first-order valence-corrected chi connectivity index (χ1v) is 9.17. The van der Waals surface area contributed by atoms with Crippen LogP contribution in [0.1, 0.15) is 23.6 Å². The van der Waals surface area contributed by atoms with Gasteiger partial charge in [-0.25, -0.2) is 9.18 Å². The molecule has 0 aromatic heterocycles. The first-order valence-electron chi connectivity index (χ1n) is 9.17. The van der Waals surface area contributed by atoms with Crippen molar-refractivity contribution < 1.29 is 37.1 Å². The Hall–Kier alpha value is -3.43. The van der Waals surface area contributed by atoms with Gasteiger partial charge in [0, 0.05) is 19.8 Å². The fourth-order valence-electron chi connectivity index (χ4n) is 2.88. The summed E-state index contributed by atoms with van der Waals surface area (Å²) in [6.45, 7) is 1.15. The summed E-state index contributed by atoms with van der Waals surface area (Å²) in [5, 5.41) is 14.0. The Bertz CT molecular complexity index is 945. The van der Waals surface area contributed by atoms with Gasteiger partial charge in [-0.15, -0.1) is 0 Å². The minimum atomic E-state index is -4.53. The molecule has 2 rings (SSSR count). The lowest BCUT2D eigenvalue weighted by molar-refractivity contribution is -0.142. The van der Waals surface area contributed by atoms with Crippen LogP contribution in [-0.4, -0.2) is 35.0 Å². The van der Waals surface area contributed by atoms with Crippen LogP contribution in [-0.2, 0) is 33.4 Å². The molecule has 0 bridgehead atoms. The fraction of sp³-hybridized carbons (Fsp3) is 0.286. The van der Waals surface area contributed by atoms with Gasteiger partial charge in [0.25, 0.3) is 0 Å². The topological polar surface area (TPSA) is 95.5 Å². The summed E-state index contributed by atoms with van der Waals surface area (Å²) in [6.07, 6.45) is -5.03. The molecule has 0 spiro atoms. The minimum absolute atomic E-state index is 0.144. The molecule has 0 heterocycles. The predicted molar refractivity (Wildman–Crippen MR) is 102 cm³/mol. The molecule has 0 unspecified atom stereocenters. The van der Waals surface area contributed by atoms with Crippen LogP contribution >= 0.6 is 0 Å². The van der Waals surface area contributed by atoms with Gasteiger partial charge >= 0.3 is 12.1 Å². The van der Waals surface area contributed by atoms with Gasteiger partial charge in [-0.2, -0.15) is 13.2 Å². The lowest BCUT2D eigenvalue weighted by Gasteiger charge is -2.21. The van der Waals surface area contributed by atoms with Crippen LogP contribution in [0.25, 0.3) is 0 Å². The Labute approximate surface area is 175 Å². The largest absolute Gasteiger partial charge is 0.480 e. The van der Waals surface area contributed by atoms with Crippen molar-refractivity contribution in [2.24, 2.45) is 0 Å². The van der Waals surface area contributed by atoms with E-state index in [4.69, 9.17) is 0 Å². The SMILES string of the molecule is CC(=O)N[C@@H](Cc1ccccc1F)C(=O)N[C@@H](Cc1ccc(C(F)(F)F)cc1)C(=O)O. The van der Waals surface area contributed by atoms with Gasteiger partial charge in [0.05, 0.1) is 5.56 Å². The summed E-state index contributed by atoms with van der Waals surface area (Å²) in [6, 6.07) is 6.76. The predicted octanol–water partition coefficient (Wildman–Crippen LogP) is 2.70. The maximum Gasteiger partial charge on any atom is 0.416 e. The van der Waals surface area contributed by atoms with Gasteiger partial charge in [0.2, 0.25) is 11.8 Å². The number of hydrogen-bond acceptors (Lipinski definition) is 3. The second-order valence-corrected chi connectivity index (χ2v) is 6.85. The summed E-state index contributed by atoms with van der Waals surface area (Å²) in [5.74, 6) is -3.45. The molecule has 0 fully saturated rings. The van der Waals surface area contributed by atoms with Crippen molar-refractivity contribution in [3.63, 3.8) is 0 Å². The van der Waals surface area contributed by atoms with Crippen molar-refractivity contribution >= 4 is 17.8 Å². The Morgan fingerprint density at radius 3 is 2.06 bits per heavy atom. The van der Waals surface area contributed by atoms with E-state index in [1.165, 1.54) is 18.2 Å². The quantitative estimate of drug-likeness (QED) is 0.550. The van der Waals surface area contributed by atoms with Gasteiger partial charge in [-0.05, 0) is 29.3 Å². The van der Waals surface area contributed by atoms with Crippen LogP contribution in [0, 0.1) is 5.82 Å². The van der Waals surface area contributed by atoms with Crippen molar-refractivity contribution in [3.8, 4) is 0 Å². The molecule has 0 saturated carbocycles. The lowest BCUT2D eigenvalue weighted by Crippen LogP contribution is -2.52. The summed E-state index contributed by atoms with van der Waals surface area (Å²) < 4.78 is 51.9. The van der Waals surface area contributed by atoms with Crippen LogP contribution in [0.5, 0.6) is 0 Å². The van der Waals surface area contributed by atoms with Crippen LogP contribution in [0.2, 0.25) is 0 Å². The number of carboxylic acids is 1. The zero-order valence-corrected chi connectivity index (χ0v) is 16.4. The molecular formula is C21H20F4N2O4. The molecule has 2 amide bonds. The van der Waals surface area contributed by atoms with Gasteiger partial charge in [0.15, 0.2) is 0 Å². The number of hydrogen-bond donors (Lipinski definition) is 3. The Kier molecular flexibility index (Phi) is 7.73. The third-order valence-corrected chi connectivity index (χ3v) is 4.41. The minimum Gasteiger partial charge on any atom is -0.480 e. The standard InChI is InChI=1S/C21H20F4N2O4/c1-12(28)26-17(11-14-4-2-3-5-16(14)22)19(29)27-18(20(30)31)10-13-6-8-15(9-7-13)21(23,24)25/h2-9,17-18H,10-11H2,1H3,(H,26,28)(H,27,29)(H,30,31)/t17-,18-/m0/s1. The van der Waals surface area contributed by atoms with E-state index in [2.05, 4.69) is 10.6 Å². The number of halogens is 4. The first kappa shape index (κ1) is 23.8. The van der Waals surface area contributed by atoms with E-state index in [0.29, 0.717) is 0 Å². The molecule has 31 heavy (non-hydrogen) atoms. The third kappa shape index (κ3) is 7.09. The molecule has 2 aromatic rings. The number of amides is 2. The van der Waals surface area contributed by atoms with Crippen molar-refractivity contribution in [1.29, 1.82) is 0 Å².